The maximum atomic E-state index is 12.2. The van der Waals surface area contributed by atoms with E-state index < -0.39 is 5.97 Å². The molecule has 2 rings (SSSR count). The average Bonchev–Trinajstić information content (AvgIpc) is 2.69. The molecular formula is C15H18N2O4. The number of rotatable bonds is 7. The van der Waals surface area contributed by atoms with Crippen LogP contribution in [0.4, 0.5) is 0 Å². The van der Waals surface area contributed by atoms with Crippen LogP contribution in [0.25, 0.3) is 0 Å². The molecule has 0 bridgehead atoms. The predicted molar refractivity (Wildman–Crippen MR) is 76.2 cm³/mol. The summed E-state index contributed by atoms with van der Waals surface area (Å²) < 4.78 is 0. The highest BCUT2D eigenvalue weighted by molar-refractivity contribution is 6.21. The molecule has 0 aliphatic carbocycles. The number of carboxylic acids is 1. The van der Waals surface area contributed by atoms with Gasteiger partial charge in [0.15, 0.2) is 0 Å². The van der Waals surface area contributed by atoms with Gasteiger partial charge in [-0.15, -0.1) is 0 Å². The van der Waals surface area contributed by atoms with E-state index in [0.29, 0.717) is 24.2 Å². The number of carbonyl (C=O) groups is 3. The van der Waals surface area contributed by atoms with E-state index >= 15 is 0 Å². The number of amides is 2. The van der Waals surface area contributed by atoms with Crippen LogP contribution < -0.4 is 0 Å². The molecule has 0 aromatic heterocycles. The van der Waals surface area contributed by atoms with Crippen LogP contribution in [0.3, 0.4) is 0 Å². The Morgan fingerprint density at radius 2 is 1.71 bits per heavy atom. The van der Waals surface area contributed by atoms with E-state index in [1.54, 1.807) is 29.2 Å². The second-order valence-corrected chi connectivity index (χ2v) is 4.98. The van der Waals surface area contributed by atoms with Crippen molar-refractivity contribution >= 4 is 17.8 Å². The molecule has 0 saturated carbocycles. The predicted octanol–water partition coefficient (Wildman–Crippen LogP) is 1.08. The molecule has 0 spiro atoms. The van der Waals surface area contributed by atoms with Crippen LogP contribution in [0, 0.1) is 0 Å². The van der Waals surface area contributed by atoms with E-state index in [0.717, 1.165) is 6.42 Å². The summed E-state index contributed by atoms with van der Waals surface area (Å²) in [6.45, 7) is 3.06. The van der Waals surface area contributed by atoms with E-state index in [1.807, 2.05) is 6.92 Å². The lowest BCUT2D eigenvalue weighted by molar-refractivity contribution is -0.138. The molecule has 1 N–H and O–H groups in total. The van der Waals surface area contributed by atoms with Gasteiger partial charge in [0, 0.05) is 13.1 Å². The molecule has 1 aliphatic heterocycles. The van der Waals surface area contributed by atoms with E-state index in [4.69, 9.17) is 5.11 Å². The molecule has 1 aromatic carbocycles. The molecule has 0 atom stereocenters. The summed E-state index contributed by atoms with van der Waals surface area (Å²) in [6.07, 6.45) is 0.815. The minimum Gasteiger partial charge on any atom is -0.480 e. The van der Waals surface area contributed by atoms with Gasteiger partial charge in [0.2, 0.25) is 0 Å². The number of fused-ring (bicyclic) bond motifs is 1. The molecule has 21 heavy (non-hydrogen) atoms. The number of aliphatic carboxylic acids is 1. The molecule has 6 nitrogen and oxygen atoms in total. The van der Waals surface area contributed by atoms with Crippen LogP contribution in [0.5, 0.6) is 0 Å². The number of carboxylic acid groups (broad SMARTS) is 1. The monoisotopic (exact) mass is 290 g/mol. The van der Waals surface area contributed by atoms with E-state index in [9.17, 15) is 14.4 Å². The first-order valence-electron chi connectivity index (χ1n) is 6.94. The van der Waals surface area contributed by atoms with Crippen LogP contribution in [0.1, 0.15) is 34.1 Å². The number of benzene rings is 1. The summed E-state index contributed by atoms with van der Waals surface area (Å²) in [6, 6.07) is 6.72. The standard InChI is InChI=1S/C15H18N2O4/c1-2-7-16(10-13(18)19)8-9-17-14(20)11-5-3-4-6-12(11)15(17)21/h3-6H,2,7-10H2,1H3,(H,18,19). The highest BCUT2D eigenvalue weighted by Crippen LogP contribution is 2.21. The Hall–Kier alpha value is -2.21. The van der Waals surface area contributed by atoms with Crippen molar-refractivity contribution in [2.24, 2.45) is 0 Å². The molecule has 0 radical (unpaired) electrons. The lowest BCUT2D eigenvalue weighted by Gasteiger charge is -2.22. The van der Waals surface area contributed by atoms with E-state index in [-0.39, 0.29) is 24.9 Å². The Kier molecular flexibility index (Phi) is 4.70. The minimum absolute atomic E-state index is 0.0863. The first kappa shape index (κ1) is 15.2. The van der Waals surface area contributed by atoms with Crippen LogP contribution in [0.15, 0.2) is 24.3 Å². The van der Waals surface area contributed by atoms with Crippen LogP contribution in [-0.4, -0.2) is 58.9 Å². The third kappa shape index (κ3) is 3.28. The van der Waals surface area contributed by atoms with Crippen LogP contribution in [0.2, 0.25) is 0 Å². The summed E-state index contributed by atoms with van der Waals surface area (Å²) in [5.41, 5.74) is 0.838. The molecular weight excluding hydrogens is 272 g/mol. The third-order valence-electron chi connectivity index (χ3n) is 3.42. The van der Waals surface area contributed by atoms with E-state index in [2.05, 4.69) is 0 Å². The lowest BCUT2D eigenvalue weighted by atomic mass is 10.1. The molecule has 112 valence electrons. The Bertz CT molecular complexity index is 536. The molecule has 0 fully saturated rings. The zero-order valence-corrected chi connectivity index (χ0v) is 11.9. The fraction of sp³-hybridized carbons (Fsp3) is 0.400. The zero-order valence-electron chi connectivity index (χ0n) is 11.9. The van der Waals surface area contributed by atoms with Crippen molar-refractivity contribution in [3.05, 3.63) is 35.4 Å². The zero-order chi connectivity index (χ0) is 15.4. The second-order valence-electron chi connectivity index (χ2n) is 4.98. The molecule has 1 aliphatic rings. The largest absolute Gasteiger partial charge is 0.480 e. The van der Waals surface area contributed by atoms with Crippen molar-refractivity contribution < 1.29 is 19.5 Å². The van der Waals surface area contributed by atoms with Crippen molar-refractivity contribution in [1.29, 1.82) is 0 Å². The molecule has 0 saturated heterocycles. The fourth-order valence-electron chi connectivity index (χ4n) is 2.46. The first-order chi connectivity index (χ1) is 10.0. The van der Waals surface area contributed by atoms with Gasteiger partial charge < -0.3 is 5.11 Å². The number of nitrogens with zero attached hydrogens (tertiary/aromatic N) is 2. The SMILES string of the molecule is CCCN(CCN1C(=O)c2ccccc2C1=O)CC(=O)O. The van der Waals surface area contributed by atoms with Gasteiger partial charge in [-0.05, 0) is 25.1 Å². The third-order valence-corrected chi connectivity index (χ3v) is 3.42. The van der Waals surface area contributed by atoms with Gasteiger partial charge >= 0.3 is 5.97 Å². The molecule has 6 heteroatoms. The molecule has 2 amide bonds. The Balaban J connectivity index is 2.02. The van der Waals surface area contributed by atoms with Gasteiger partial charge in [0.25, 0.3) is 11.8 Å². The van der Waals surface area contributed by atoms with Gasteiger partial charge in [-0.25, -0.2) is 0 Å². The normalized spacial score (nSPS) is 13.9. The Morgan fingerprint density at radius 3 is 2.19 bits per heavy atom. The first-order valence-corrected chi connectivity index (χ1v) is 6.94. The van der Waals surface area contributed by atoms with E-state index in [1.165, 1.54) is 4.90 Å². The van der Waals surface area contributed by atoms with Gasteiger partial charge in [-0.1, -0.05) is 19.1 Å². The van der Waals surface area contributed by atoms with Crippen LogP contribution in [-0.2, 0) is 4.79 Å². The summed E-state index contributed by atoms with van der Waals surface area (Å²) in [5, 5.41) is 8.86. The minimum atomic E-state index is -0.911. The number of hydrogen-bond donors (Lipinski definition) is 1. The van der Waals surface area contributed by atoms with Gasteiger partial charge in [-0.3, -0.25) is 24.2 Å². The van der Waals surface area contributed by atoms with Gasteiger partial charge in [-0.2, -0.15) is 0 Å². The van der Waals surface area contributed by atoms with Gasteiger partial charge in [0.1, 0.15) is 0 Å². The van der Waals surface area contributed by atoms with Crippen molar-refractivity contribution in [3.63, 3.8) is 0 Å². The van der Waals surface area contributed by atoms with Gasteiger partial charge in [0.05, 0.1) is 17.7 Å². The second kappa shape index (κ2) is 6.49. The summed E-state index contributed by atoms with van der Waals surface area (Å²) in [4.78, 5) is 38.1. The topological polar surface area (TPSA) is 77.9 Å². The number of carbonyl (C=O) groups excluding carboxylic acids is 2. The summed E-state index contributed by atoms with van der Waals surface area (Å²) in [7, 11) is 0. The number of imide groups is 1. The molecule has 1 heterocycles. The van der Waals surface area contributed by atoms with Crippen LogP contribution >= 0.6 is 0 Å². The summed E-state index contributed by atoms with van der Waals surface area (Å²) >= 11 is 0. The Morgan fingerprint density at radius 1 is 1.14 bits per heavy atom. The fourth-order valence-corrected chi connectivity index (χ4v) is 2.46. The lowest BCUT2D eigenvalue weighted by Crippen LogP contribution is -2.40. The molecule has 1 aromatic rings. The maximum absolute atomic E-state index is 12.2. The smallest absolute Gasteiger partial charge is 0.317 e. The van der Waals surface area contributed by atoms with Crippen molar-refractivity contribution in [2.75, 3.05) is 26.2 Å². The highest BCUT2D eigenvalue weighted by Gasteiger charge is 2.34. The summed E-state index contributed by atoms with van der Waals surface area (Å²) in [5.74, 6) is -1.52. The average molecular weight is 290 g/mol. The Labute approximate surface area is 123 Å². The number of hydrogen-bond acceptors (Lipinski definition) is 4. The molecule has 0 unspecified atom stereocenters. The van der Waals surface area contributed by atoms with Crippen molar-refractivity contribution in [2.45, 2.75) is 13.3 Å². The van der Waals surface area contributed by atoms with Crippen molar-refractivity contribution in [1.82, 2.24) is 9.80 Å². The van der Waals surface area contributed by atoms with Crippen molar-refractivity contribution in [3.8, 4) is 0 Å². The maximum Gasteiger partial charge on any atom is 0.317 e. The quantitative estimate of drug-likeness (QED) is 0.760. The highest BCUT2D eigenvalue weighted by atomic mass is 16.4.